The molecule has 2 aromatic carbocycles. The van der Waals surface area contributed by atoms with Crippen molar-refractivity contribution in [3.63, 3.8) is 0 Å². The van der Waals surface area contributed by atoms with E-state index in [1.54, 1.807) is 0 Å². The number of carbonyl (C=O) groups excluding carboxylic acids is 2. The Balaban J connectivity index is 1.78. The Hall–Kier alpha value is -2.67. The predicted molar refractivity (Wildman–Crippen MR) is 92.7 cm³/mol. The summed E-state index contributed by atoms with van der Waals surface area (Å²) in [6.07, 6.45) is -0.344. The molecule has 1 aliphatic rings. The van der Waals surface area contributed by atoms with Crippen LogP contribution in [0.2, 0.25) is 0 Å². The summed E-state index contributed by atoms with van der Waals surface area (Å²) >= 11 is 1.05. The van der Waals surface area contributed by atoms with Gasteiger partial charge in [0.2, 0.25) is 5.91 Å². The molecule has 0 saturated carbocycles. The van der Waals surface area contributed by atoms with Gasteiger partial charge in [-0.15, -0.1) is 5.10 Å². The molecule has 122 valence electrons. The van der Waals surface area contributed by atoms with Crippen LogP contribution in [-0.2, 0) is 9.59 Å². The number of thioether (sulfide) groups is 1. The molecule has 7 heteroatoms. The molecule has 0 unspecified atom stereocenters. The van der Waals surface area contributed by atoms with Gasteiger partial charge in [0.05, 0.1) is 11.0 Å². The van der Waals surface area contributed by atoms with Crippen LogP contribution in [0.25, 0.3) is 10.8 Å². The molecule has 1 saturated heterocycles. The van der Waals surface area contributed by atoms with Crippen LogP contribution in [0, 0.1) is 0 Å². The second-order valence-corrected chi connectivity index (χ2v) is 6.52. The number of nitrogens with zero attached hydrogens (tertiary/aromatic N) is 2. The number of benzene rings is 2. The topological polar surface area (TPSA) is 94.0 Å². The van der Waals surface area contributed by atoms with Gasteiger partial charge in [-0.3, -0.25) is 4.79 Å². The summed E-state index contributed by atoms with van der Waals surface area (Å²) in [5, 5.41) is 23.1. The highest BCUT2D eigenvalue weighted by atomic mass is 32.2. The Bertz CT molecular complexity index is 876. The second kappa shape index (κ2) is 6.84. The van der Waals surface area contributed by atoms with E-state index in [1.807, 2.05) is 49.4 Å². The quantitative estimate of drug-likeness (QED) is 0.670. The number of amidine groups is 1. The number of nitrogens with one attached hydrogen (secondary N) is 1. The van der Waals surface area contributed by atoms with E-state index < -0.39 is 11.2 Å². The Morgan fingerprint density at radius 3 is 2.75 bits per heavy atom. The molecule has 1 N–H and O–H groups in total. The molecule has 3 rings (SSSR count). The third kappa shape index (κ3) is 3.62. The van der Waals surface area contributed by atoms with Crippen LogP contribution in [-0.4, -0.2) is 28.0 Å². The van der Waals surface area contributed by atoms with Gasteiger partial charge in [-0.1, -0.05) is 48.2 Å². The molecule has 0 aromatic heterocycles. The van der Waals surface area contributed by atoms with Crippen LogP contribution in [0.5, 0.6) is 0 Å². The minimum Gasteiger partial charge on any atom is -0.550 e. The lowest BCUT2D eigenvalue weighted by Gasteiger charge is -2.04. The molecular formula is C17H14N3O3S-. The fourth-order valence-corrected chi connectivity index (χ4v) is 3.23. The minimum absolute atomic E-state index is 0.298. The van der Waals surface area contributed by atoms with Gasteiger partial charge >= 0.3 is 0 Å². The first-order chi connectivity index (χ1) is 11.5. The Kier molecular flexibility index (Phi) is 4.61. The molecule has 0 bridgehead atoms. The van der Waals surface area contributed by atoms with E-state index in [-0.39, 0.29) is 12.3 Å². The third-order valence-electron chi connectivity index (χ3n) is 3.59. The molecular weight excluding hydrogens is 326 g/mol. The van der Waals surface area contributed by atoms with E-state index in [4.69, 9.17) is 0 Å². The lowest BCUT2D eigenvalue weighted by atomic mass is 10.0. The lowest BCUT2D eigenvalue weighted by Crippen LogP contribution is -2.31. The summed E-state index contributed by atoms with van der Waals surface area (Å²) in [5.74, 6) is -1.65. The number of rotatable bonds is 4. The van der Waals surface area contributed by atoms with Gasteiger partial charge in [0.1, 0.15) is 0 Å². The van der Waals surface area contributed by atoms with Gasteiger partial charge in [0, 0.05) is 12.4 Å². The molecule has 0 radical (unpaired) electrons. The molecule has 1 amide bonds. The number of carboxylic acids is 1. The Morgan fingerprint density at radius 1 is 1.25 bits per heavy atom. The van der Waals surface area contributed by atoms with Gasteiger partial charge in [-0.05, 0) is 29.3 Å². The van der Waals surface area contributed by atoms with Crippen LogP contribution < -0.4 is 10.4 Å². The highest BCUT2D eigenvalue weighted by molar-refractivity contribution is 8.15. The van der Waals surface area contributed by atoms with Gasteiger partial charge < -0.3 is 15.2 Å². The first-order valence-corrected chi connectivity index (χ1v) is 8.19. The summed E-state index contributed by atoms with van der Waals surface area (Å²) in [7, 11) is 0. The minimum atomic E-state index is -1.26. The molecule has 24 heavy (non-hydrogen) atoms. The van der Waals surface area contributed by atoms with Crippen molar-refractivity contribution in [1.82, 2.24) is 5.32 Å². The monoisotopic (exact) mass is 340 g/mol. The van der Waals surface area contributed by atoms with Gasteiger partial charge in [0.25, 0.3) is 0 Å². The number of carboxylic acid groups (broad SMARTS) is 1. The maximum absolute atomic E-state index is 11.6. The zero-order valence-electron chi connectivity index (χ0n) is 12.9. The van der Waals surface area contributed by atoms with Gasteiger partial charge in [-0.25, -0.2) is 0 Å². The molecule has 1 atom stereocenters. The van der Waals surface area contributed by atoms with Crippen molar-refractivity contribution in [2.45, 2.75) is 18.6 Å². The molecule has 1 heterocycles. The van der Waals surface area contributed by atoms with Crippen molar-refractivity contribution >= 4 is 45.3 Å². The van der Waals surface area contributed by atoms with Crippen LogP contribution in [0.3, 0.4) is 0 Å². The number of fused-ring (bicyclic) bond motifs is 1. The summed E-state index contributed by atoms with van der Waals surface area (Å²) < 4.78 is 0. The van der Waals surface area contributed by atoms with Crippen LogP contribution in [0.15, 0.2) is 52.7 Å². The highest BCUT2D eigenvalue weighted by Gasteiger charge is 2.30. The van der Waals surface area contributed by atoms with E-state index in [1.165, 1.54) is 0 Å². The van der Waals surface area contributed by atoms with Crippen LogP contribution in [0.1, 0.15) is 18.9 Å². The van der Waals surface area contributed by atoms with Crippen molar-refractivity contribution < 1.29 is 14.7 Å². The number of hydrogen-bond acceptors (Lipinski definition) is 6. The molecule has 6 nitrogen and oxygen atoms in total. The standard InChI is InChI=1S/C17H15N3O3S/c1-10(12-7-6-11-4-2-3-5-13(11)8-12)19-20-17-18-16(23)14(24-17)9-15(21)22/h2-8,14H,9H2,1H3,(H,21,22)(H,18,20,23)/p-1/b19-10+/t14-/m1/s1. The summed E-state index contributed by atoms with van der Waals surface area (Å²) in [6.45, 7) is 1.83. The zero-order valence-corrected chi connectivity index (χ0v) is 13.7. The number of amides is 1. The molecule has 0 aliphatic carbocycles. The van der Waals surface area contributed by atoms with Crippen LogP contribution in [0.4, 0.5) is 0 Å². The predicted octanol–water partition coefficient (Wildman–Crippen LogP) is 1.29. The average molecular weight is 340 g/mol. The van der Waals surface area contributed by atoms with Gasteiger partial charge in [-0.2, -0.15) is 5.10 Å². The van der Waals surface area contributed by atoms with E-state index in [2.05, 4.69) is 15.5 Å². The Morgan fingerprint density at radius 2 is 2.00 bits per heavy atom. The Labute approximate surface area is 142 Å². The first-order valence-electron chi connectivity index (χ1n) is 7.32. The number of hydrogen-bond donors (Lipinski definition) is 1. The van der Waals surface area contributed by atoms with Crippen molar-refractivity contribution in [3.8, 4) is 0 Å². The van der Waals surface area contributed by atoms with Crippen molar-refractivity contribution in [1.29, 1.82) is 0 Å². The molecule has 1 fully saturated rings. The smallest absolute Gasteiger partial charge is 0.239 e. The van der Waals surface area contributed by atoms with Gasteiger partial charge in [0.15, 0.2) is 5.17 Å². The summed E-state index contributed by atoms with van der Waals surface area (Å²) in [4.78, 5) is 22.2. The highest BCUT2D eigenvalue weighted by Crippen LogP contribution is 2.22. The fourth-order valence-electron chi connectivity index (χ4n) is 2.33. The SMILES string of the molecule is C/C(=N\N=C1/NC(=O)[C@@H](CC(=O)[O-])S1)c1ccc2ccccc2c1. The van der Waals surface area contributed by atoms with E-state index in [9.17, 15) is 14.7 Å². The molecule has 0 spiro atoms. The van der Waals surface area contributed by atoms with E-state index in [0.717, 1.165) is 28.1 Å². The maximum Gasteiger partial charge on any atom is 0.239 e. The number of aliphatic carboxylic acids is 1. The molecule has 1 aliphatic heterocycles. The first kappa shape index (κ1) is 16.2. The lowest BCUT2D eigenvalue weighted by molar-refractivity contribution is -0.305. The van der Waals surface area contributed by atoms with E-state index in [0.29, 0.717) is 10.9 Å². The average Bonchev–Trinajstić information content (AvgIpc) is 2.91. The van der Waals surface area contributed by atoms with Crippen LogP contribution >= 0.6 is 11.8 Å². The fraction of sp³-hybridized carbons (Fsp3) is 0.176. The van der Waals surface area contributed by atoms with Crippen molar-refractivity contribution in [3.05, 3.63) is 48.0 Å². The second-order valence-electron chi connectivity index (χ2n) is 5.32. The summed E-state index contributed by atoms with van der Waals surface area (Å²) in [5.41, 5.74) is 1.63. The van der Waals surface area contributed by atoms with Crippen molar-refractivity contribution in [2.75, 3.05) is 0 Å². The maximum atomic E-state index is 11.6. The van der Waals surface area contributed by atoms with Crippen molar-refractivity contribution in [2.24, 2.45) is 10.2 Å². The molecule has 2 aromatic rings. The largest absolute Gasteiger partial charge is 0.550 e. The number of carbonyl (C=O) groups is 2. The normalized spacial score (nSPS) is 19.7. The third-order valence-corrected chi connectivity index (χ3v) is 4.66. The van der Waals surface area contributed by atoms with E-state index >= 15 is 0 Å². The zero-order chi connectivity index (χ0) is 17.1. The summed E-state index contributed by atoms with van der Waals surface area (Å²) in [6, 6.07) is 14.0.